The fourth-order valence-electron chi connectivity index (χ4n) is 1.14. The van der Waals surface area contributed by atoms with Crippen LogP contribution in [0.3, 0.4) is 0 Å². The van der Waals surface area contributed by atoms with E-state index < -0.39 is 8.07 Å². The number of unbranched alkanes of at least 4 members (excludes halogenated alkanes) is 3. The molecular weight excluding hydrogens is 160 g/mol. The molecule has 0 aliphatic carbocycles. The van der Waals surface area contributed by atoms with Crippen LogP contribution in [-0.2, 0) is 0 Å². The first-order valence-electron chi connectivity index (χ1n) is 5.16. The Morgan fingerprint density at radius 3 is 2.08 bits per heavy atom. The van der Waals surface area contributed by atoms with Crippen LogP contribution in [-0.4, -0.2) is 8.07 Å². The standard InChI is InChI=1S/C11H24Si/c1-6-7-8-9-10-11(2)12(3,4)5/h2,6-10H2,1,3-5H3. The summed E-state index contributed by atoms with van der Waals surface area (Å²) in [4.78, 5) is 0. The molecule has 0 aromatic carbocycles. The highest BCUT2D eigenvalue weighted by Gasteiger charge is 2.16. The third-order valence-corrected chi connectivity index (χ3v) is 4.76. The van der Waals surface area contributed by atoms with Crippen LogP contribution in [0.15, 0.2) is 11.8 Å². The molecule has 0 unspecified atom stereocenters. The lowest BCUT2D eigenvalue weighted by atomic mass is 10.1. The Morgan fingerprint density at radius 1 is 1.08 bits per heavy atom. The minimum atomic E-state index is -1.02. The molecule has 0 N–H and O–H groups in total. The molecule has 0 aliphatic rings. The molecule has 1 heteroatoms. The molecule has 0 bridgehead atoms. The van der Waals surface area contributed by atoms with Crippen LogP contribution in [0.25, 0.3) is 0 Å². The monoisotopic (exact) mass is 184 g/mol. The van der Waals surface area contributed by atoms with E-state index in [1.165, 1.54) is 32.1 Å². The molecule has 12 heavy (non-hydrogen) atoms. The maximum absolute atomic E-state index is 4.19. The van der Waals surface area contributed by atoms with Gasteiger partial charge in [-0.25, -0.2) is 0 Å². The SMILES string of the molecule is C=C(CCCCCC)[Si](C)(C)C. The lowest BCUT2D eigenvalue weighted by Crippen LogP contribution is -2.22. The molecule has 0 amide bonds. The zero-order valence-electron chi connectivity index (χ0n) is 9.24. The van der Waals surface area contributed by atoms with Gasteiger partial charge in [0, 0.05) is 0 Å². The Morgan fingerprint density at radius 2 is 1.67 bits per heavy atom. The average molecular weight is 184 g/mol. The molecule has 0 fully saturated rings. The highest BCUT2D eigenvalue weighted by Crippen LogP contribution is 2.18. The Kier molecular flexibility index (Phi) is 5.56. The summed E-state index contributed by atoms with van der Waals surface area (Å²) in [6.07, 6.45) is 6.74. The summed E-state index contributed by atoms with van der Waals surface area (Å²) in [5.41, 5.74) is 0. The van der Waals surface area contributed by atoms with Gasteiger partial charge >= 0.3 is 0 Å². The van der Waals surface area contributed by atoms with Crippen LogP contribution in [0.1, 0.15) is 39.0 Å². The zero-order valence-corrected chi connectivity index (χ0v) is 10.2. The molecule has 0 atom stereocenters. The predicted molar refractivity (Wildman–Crippen MR) is 61.2 cm³/mol. The summed E-state index contributed by atoms with van der Waals surface area (Å²) >= 11 is 0. The van der Waals surface area contributed by atoms with Crippen molar-refractivity contribution in [3.63, 3.8) is 0 Å². The Hall–Kier alpha value is -0.0431. The van der Waals surface area contributed by atoms with Gasteiger partial charge in [0.1, 0.15) is 0 Å². The van der Waals surface area contributed by atoms with Gasteiger partial charge in [0.25, 0.3) is 0 Å². The summed E-state index contributed by atoms with van der Waals surface area (Å²) < 4.78 is 0. The fraction of sp³-hybridized carbons (Fsp3) is 0.818. The van der Waals surface area contributed by atoms with Crippen LogP contribution >= 0.6 is 0 Å². The van der Waals surface area contributed by atoms with Crippen molar-refractivity contribution in [2.45, 2.75) is 58.7 Å². The lowest BCUT2D eigenvalue weighted by molar-refractivity contribution is 0.670. The quantitative estimate of drug-likeness (QED) is 0.424. The van der Waals surface area contributed by atoms with Crippen LogP contribution in [0.4, 0.5) is 0 Å². The first-order valence-corrected chi connectivity index (χ1v) is 8.66. The predicted octanol–water partition coefficient (Wildman–Crippen LogP) is 4.39. The van der Waals surface area contributed by atoms with Gasteiger partial charge in [-0.2, -0.15) is 0 Å². The first-order chi connectivity index (χ1) is 5.48. The second kappa shape index (κ2) is 5.58. The molecule has 0 saturated heterocycles. The minimum Gasteiger partial charge on any atom is -0.104 e. The van der Waals surface area contributed by atoms with Crippen molar-refractivity contribution in [3.05, 3.63) is 11.8 Å². The maximum atomic E-state index is 4.19. The van der Waals surface area contributed by atoms with Crippen LogP contribution in [0.2, 0.25) is 19.6 Å². The zero-order chi connectivity index (χ0) is 9.61. The van der Waals surface area contributed by atoms with Crippen molar-refractivity contribution in [2.24, 2.45) is 0 Å². The second-order valence-corrected chi connectivity index (χ2v) is 9.87. The second-order valence-electron chi connectivity index (χ2n) is 4.66. The Balaban J connectivity index is 3.45. The molecule has 0 aliphatic heterocycles. The van der Waals surface area contributed by atoms with Gasteiger partial charge in [-0.05, 0) is 12.8 Å². The smallest absolute Gasteiger partial charge is 0.0716 e. The van der Waals surface area contributed by atoms with Crippen molar-refractivity contribution >= 4 is 8.07 Å². The number of rotatable bonds is 6. The van der Waals surface area contributed by atoms with Crippen molar-refractivity contribution in [3.8, 4) is 0 Å². The molecule has 0 nitrogen and oxygen atoms in total. The van der Waals surface area contributed by atoms with Gasteiger partial charge < -0.3 is 0 Å². The molecule has 0 radical (unpaired) electrons. The van der Waals surface area contributed by atoms with Gasteiger partial charge in [-0.15, -0.1) is 6.58 Å². The molecule has 0 saturated carbocycles. The molecular formula is C11H24Si. The Labute approximate surface area is 79.1 Å². The summed E-state index contributed by atoms with van der Waals surface area (Å²) in [5, 5.41) is 1.54. The van der Waals surface area contributed by atoms with E-state index in [2.05, 4.69) is 33.1 Å². The average Bonchev–Trinajstić information content (AvgIpc) is 1.96. The van der Waals surface area contributed by atoms with Gasteiger partial charge in [0.15, 0.2) is 0 Å². The van der Waals surface area contributed by atoms with Gasteiger partial charge in [0.2, 0.25) is 0 Å². The minimum absolute atomic E-state index is 1.02. The lowest BCUT2D eigenvalue weighted by Gasteiger charge is -2.19. The van der Waals surface area contributed by atoms with E-state index in [-0.39, 0.29) is 0 Å². The third kappa shape index (κ3) is 5.59. The topological polar surface area (TPSA) is 0 Å². The normalized spacial score (nSPS) is 11.7. The van der Waals surface area contributed by atoms with Crippen LogP contribution in [0.5, 0.6) is 0 Å². The van der Waals surface area contributed by atoms with E-state index in [0.29, 0.717) is 0 Å². The summed E-state index contributed by atoms with van der Waals surface area (Å²) in [6.45, 7) is 13.6. The van der Waals surface area contributed by atoms with E-state index in [1.54, 1.807) is 5.20 Å². The van der Waals surface area contributed by atoms with Gasteiger partial charge in [-0.3, -0.25) is 0 Å². The van der Waals surface area contributed by atoms with Crippen molar-refractivity contribution < 1.29 is 0 Å². The molecule has 0 aromatic rings. The summed E-state index contributed by atoms with van der Waals surface area (Å²) in [7, 11) is -1.02. The first kappa shape index (κ1) is 12.0. The maximum Gasteiger partial charge on any atom is 0.0716 e. The summed E-state index contributed by atoms with van der Waals surface area (Å²) in [5.74, 6) is 0. The largest absolute Gasteiger partial charge is 0.104 e. The molecule has 0 rings (SSSR count). The number of hydrogen-bond acceptors (Lipinski definition) is 0. The molecule has 72 valence electrons. The van der Waals surface area contributed by atoms with Gasteiger partial charge in [0.05, 0.1) is 8.07 Å². The number of allylic oxidation sites excluding steroid dienone is 1. The highest BCUT2D eigenvalue weighted by molar-refractivity contribution is 6.82. The summed E-state index contributed by atoms with van der Waals surface area (Å²) in [6, 6.07) is 0. The molecule has 0 aromatic heterocycles. The van der Waals surface area contributed by atoms with E-state index in [0.717, 1.165) is 0 Å². The van der Waals surface area contributed by atoms with Crippen LogP contribution < -0.4 is 0 Å². The van der Waals surface area contributed by atoms with Crippen molar-refractivity contribution in [1.29, 1.82) is 0 Å². The fourth-order valence-corrected chi connectivity index (χ4v) is 2.07. The number of hydrogen-bond donors (Lipinski definition) is 0. The third-order valence-electron chi connectivity index (χ3n) is 2.39. The molecule has 0 heterocycles. The Bertz CT molecular complexity index is 130. The highest BCUT2D eigenvalue weighted by atomic mass is 28.3. The van der Waals surface area contributed by atoms with Gasteiger partial charge in [-0.1, -0.05) is 51.0 Å². The van der Waals surface area contributed by atoms with Crippen molar-refractivity contribution in [1.82, 2.24) is 0 Å². The van der Waals surface area contributed by atoms with E-state index in [9.17, 15) is 0 Å². The van der Waals surface area contributed by atoms with E-state index in [1.807, 2.05) is 0 Å². The van der Waals surface area contributed by atoms with Crippen molar-refractivity contribution in [2.75, 3.05) is 0 Å². The van der Waals surface area contributed by atoms with E-state index in [4.69, 9.17) is 0 Å². The van der Waals surface area contributed by atoms with Crippen LogP contribution in [0, 0.1) is 0 Å². The van der Waals surface area contributed by atoms with E-state index >= 15 is 0 Å². The molecule has 0 spiro atoms.